The van der Waals surface area contributed by atoms with E-state index < -0.39 is 0 Å². The third kappa shape index (κ3) is 2.25. The normalized spacial score (nSPS) is 13.4. The first kappa shape index (κ1) is 13.4. The Labute approximate surface area is 113 Å². The molecule has 0 spiro atoms. The smallest absolute Gasteiger partial charge is 0.114 e. The van der Waals surface area contributed by atoms with Crippen LogP contribution in [0.2, 0.25) is 5.02 Å². The van der Waals surface area contributed by atoms with Gasteiger partial charge in [-0.05, 0) is 38.5 Å². The molecule has 2 N–H and O–H groups in total. The average molecular weight is 266 g/mol. The van der Waals surface area contributed by atoms with Crippen molar-refractivity contribution in [1.29, 1.82) is 0 Å². The van der Waals surface area contributed by atoms with Crippen LogP contribution in [0.4, 0.5) is 0 Å². The standard InChI is InChI=1S/C14H20ClN3/c1-4-10(8-16)14-17-12-7-11(15)5-6-13(12)18(14)9(2)3/h5-7,9-10H,4,8,16H2,1-3H3. The minimum atomic E-state index is 0.304. The second-order valence-corrected chi connectivity index (χ2v) is 5.34. The minimum Gasteiger partial charge on any atom is -0.330 e. The van der Waals surface area contributed by atoms with Crippen molar-refractivity contribution >= 4 is 22.6 Å². The van der Waals surface area contributed by atoms with Gasteiger partial charge in [0.2, 0.25) is 0 Å². The summed E-state index contributed by atoms with van der Waals surface area (Å²) in [5, 5.41) is 0.725. The van der Waals surface area contributed by atoms with Crippen molar-refractivity contribution in [1.82, 2.24) is 9.55 Å². The van der Waals surface area contributed by atoms with Gasteiger partial charge in [-0.1, -0.05) is 18.5 Å². The molecule has 0 fully saturated rings. The van der Waals surface area contributed by atoms with Crippen molar-refractivity contribution in [2.45, 2.75) is 39.2 Å². The summed E-state index contributed by atoms with van der Waals surface area (Å²) >= 11 is 6.03. The van der Waals surface area contributed by atoms with Gasteiger partial charge >= 0.3 is 0 Å². The first-order valence-corrected chi connectivity index (χ1v) is 6.83. The monoisotopic (exact) mass is 265 g/mol. The number of halogens is 1. The maximum Gasteiger partial charge on any atom is 0.114 e. The molecule has 0 aliphatic heterocycles. The molecule has 1 aromatic carbocycles. The summed E-state index contributed by atoms with van der Waals surface area (Å²) in [6.07, 6.45) is 1.00. The van der Waals surface area contributed by atoms with E-state index in [2.05, 4.69) is 25.3 Å². The van der Waals surface area contributed by atoms with Crippen LogP contribution in [0.5, 0.6) is 0 Å². The number of hydrogen-bond acceptors (Lipinski definition) is 2. The minimum absolute atomic E-state index is 0.304. The highest BCUT2D eigenvalue weighted by molar-refractivity contribution is 6.31. The van der Waals surface area contributed by atoms with Gasteiger partial charge in [0.25, 0.3) is 0 Å². The fraction of sp³-hybridized carbons (Fsp3) is 0.500. The van der Waals surface area contributed by atoms with Crippen LogP contribution in [0, 0.1) is 0 Å². The first-order chi connectivity index (χ1) is 8.58. The predicted octanol–water partition coefficient (Wildman–Crippen LogP) is 3.72. The number of aromatic nitrogens is 2. The van der Waals surface area contributed by atoms with E-state index in [1.165, 1.54) is 0 Å². The largest absolute Gasteiger partial charge is 0.330 e. The second kappa shape index (κ2) is 5.29. The highest BCUT2D eigenvalue weighted by atomic mass is 35.5. The zero-order valence-corrected chi connectivity index (χ0v) is 11.9. The Balaban J connectivity index is 2.68. The van der Waals surface area contributed by atoms with E-state index >= 15 is 0 Å². The Morgan fingerprint density at radius 1 is 1.39 bits per heavy atom. The lowest BCUT2D eigenvalue weighted by Crippen LogP contribution is -2.17. The zero-order valence-electron chi connectivity index (χ0n) is 11.2. The van der Waals surface area contributed by atoms with Gasteiger partial charge in [-0.3, -0.25) is 0 Å². The number of nitrogens with two attached hydrogens (primary N) is 1. The molecule has 98 valence electrons. The lowest BCUT2D eigenvalue weighted by atomic mass is 10.1. The Morgan fingerprint density at radius 3 is 2.67 bits per heavy atom. The third-order valence-electron chi connectivity index (χ3n) is 3.34. The molecule has 0 radical (unpaired) electrons. The van der Waals surface area contributed by atoms with E-state index in [4.69, 9.17) is 22.3 Å². The zero-order chi connectivity index (χ0) is 13.3. The second-order valence-electron chi connectivity index (χ2n) is 4.91. The summed E-state index contributed by atoms with van der Waals surface area (Å²) in [5.74, 6) is 1.38. The molecule has 1 unspecified atom stereocenters. The van der Waals surface area contributed by atoms with Crippen LogP contribution in [-0.2, 0) is 0 Å². The summed E-state index contributed by atoms with van der Waals surface area (Å²) in [6, 6.07) is 6.24. The van der Waals surface area contributed by atoms with Crippen LogP contribution < -0.4 is 5.73 Å². The molecule has 0 amide bonds. The van der Waals surface area contributed by atoms with Gasteiger partial charge in [0.05, 0.1) is 11.0 Å². The number of nitrogens with zero attached hydrogens (tertiary/aromatic N) is 2. The SMILES string of the molecule is CCC(CN)c1nc2cc(Cl)ccc2n1C(C)C. The third-order valence-corrected chi connectivity index (χ3v) is 3.57. The molecule has 18 heavy (non-hydrogen) atoms. The number of benzene rings is 1. The molecule has 4 heteroatoms. The van der Waals surface area contributed by atoms with Crippen LogP contribution in [0.1, 0.15) is 45.0 Å². The van der Waals surface area contributed by atoms with Crippen molar-refractivity contribution in [3.8, 4) is 0 Å². The summed E-state index contributed by atoms with van der Waals surface area (Å²) in [7, 11) is 0. The predicted molar refractivity (Wildman–Crippen MR) is 77.2 cm³/mol. The molecule has 3 nitrogen and oxygen atoms in total. The van der Waals surface area contributed by atoms with Crippen molar-refractivity contribution in [3.05, 3.63) is 29.0 Å². The van der Waals surface area contributed by atoms with Crippen LogP contribution in [0.15, 0.2) is 18.2 Å². The van der Waals surface area contributed by atoms with Crippen molar-refractivity contribution in [3.63, 3.8) is 0 Å². The lowest BCUT2D eigenvalue weighted by Gasteiger charge is -2.18. The van der Waals surface area contributed by atoms with Gasteiger partial charge in [0, 0.05) is 23.5 Å². The van der Waals surface area contributed by atoms with E-state index in [1.807, 2.05) is 18.2 Å². The maximum absolute atomic E-state index is 6.03. The van der Waals surface area contributed by atoms with E-state index in [9.17, 15) is 0 Å². The average Bonchev–Trinajstić information content (AvgIpc) is 2.68. The van der Waals surface area contributed by atoms with Crippen molar-refractivity contribution < 1.29 is 0 Å². The van der Waals surface area contributed by atoms with Gasteiger partial charge in [-0.25, -0.2) is 4.98 Å². The fourth-order valence-electron chi connectivity index (χ4n) is 2.38. The summed E-state index contributed by atoms with van der Waals surface area (Å²) < 4.78 is 2.27. The molecule has 0 aliphatic rings. The molecule has 0 bridgehead atoms. The number of imidazole rings is 1. The van der Waals surface area contributed by atoms with Gasteiger partial charge in [-0.15, -0.1) is 0 Å². The van der Waals surface area contributed by atoms with Gasteiger partial charge in [-0.2, -0.15) is 0 Å². The van der Waals surface area contributed by atoms with Crippen LogP contribution in [0.25, 0.3) is 11.0 Å². The molecule has 1 heterocycles. The Morgan fingerprint density at radius 2 is 2.11 bits per heavy atom. The quantitative estimate of drug-likeness (QED) is 0.916. The van der Waals surface area contributed by atoms with Gasteiger partial charge < -0.3 is 10.3 Å². The molecule has 2 aromatic rings. The van der Waals surface area contributed by atoms with E-state index in [0.29, 0.717) is 18.5 Å². The summed E-state index contributed by atoms with van der Waals surface area (Å²) in [6.45, 7) is 7.11. The summed E-state index contributed by atoms with van der Waals surface area (Å²) in [5.41, 5.74) is 7.95. The molecule has 1 aromatic heterocycles. The molecule has 2 rings (SSSR count). The Bertz CT molecular complexity index is 541. The molecule has 0 saturated carbocycles. The van der Waals surface area contributed by atoms with Gasteiger partial charge in [0.1, 0.15) is 5.82 Å². The Hall–Kier alpha value is -1.06. The van der Waals surface area contributed by atoms with E-state index in [0.717, 1.165) is 28.3 Å². The van der Waals surface area contributed by atoms with Crippen LogP contribution in [0.3, 0.4) is 0 Å². The molecule has 0 saturated heterocycles. The maximum atomic E-state index is 6.03. The Kier molecular flexibility index (Phi) is 3.93. The van der Waals surface area contributed by atoms with E-state index in [-0.39, 0.29) is 0 Å². The summed E-state index contributed by atoms with van der Waals surface area (Å²) in [4.78, 5) is 4.74. The van der Waals surface area contributed by atoms with Crippen molar-refractivity contribution in [2.24, 2.45) is 5.73 Å². The number of fused-ring (bicyclic) bond motifs is 1. The molecule has 0 aliphatic carbocycles. The highest BCUT2D eigenvalue weighted by Crippen LogP contribution is 2.28. The lowest BCUT2D eigenvalue weighted by molar-refractivity contribution is 0.530. The molecular weight excluding hydrogens is 246 g/mol. The number of hydrogen-bond donors (Lipinski definition) is 1. The van der Waals surface area contributed by atoms with Gasteiger partial charge in [0.15, 0.2) is 0 Å². The van der Waals surface area contributed by atoms with E-state index in [1.54, 1.807) is 0 Å². The first-order valence-electron chi connectivity index (χ1n) is 6.45. The van der Waals surface area contributed by atoms with Crippen LogP contribution >= 0.6 is 11.6 Å². The van der Waals surface area contributed by atoms with Crippen LogP contribution in [-0.4, -0.2) is 16.1 Å². The molecular formula is C14H20ClN3. The van der Waals surface area contributed by atoms with Crippen molar-refractivity contribution in [2.75, 3.05) is 6.54 Å². The fourth-order valence-corrected chi connectivity index (χ4v) is 2.54. The topological polar surface area (TPSA) is 43.8 Å². The highest BCUT2D eigenvalue weighted by Gasteiger charge is 2.19. The molecule has 1 atom stereocenters. The number of rotatable bonds is 4.